The fourth-order valence-electron chi connectivity index (χ4n) is 2.84. The molecule has 0 radical (unpaired) electrons. The summed E-state index contributed by atoms with van der Waals surface area (Å²) < 4.78 is 0. The summed E-state index contributed by atoms with van der Waals surface area (Å²) >= 11 is 0. The molecular formula is C20H19NO. The highest BCUT2D eigenvalue weighted by Gasteiger charge is 2.13. The molecule has 0 amide bonds. The van der Waals surface area contributed by atoms with E-state index in [0.717, 1.165) is 38.9 Å². The van der Waals surface area contributed by atoms with E-state index in [4.69, 9.17) is 4.98 Å². The molecule has 0 bridgehead atoms. The summed E-state index contributed by atoms with van der Waals surface area (Å²) in [5.74, 6) is 0.0748. The van der Waals surface area contributed by atoms with Crippen LogP contribution in [0.15, 0.2) is 42.5 Å². The summed E-state index contributed by atoms with van der Waals surface area (Å²) in [6.07, 6.45) is 0. The van der Waals surface area contributed by atoms with Gasteiger partial charge in [-0.15, -0.1) is 0 Å². The topological polar surface area (TPSA) is 30.0 Å². The molecule has 3 rings (SSSR count). The molecule has 1 aromatic heterocycles. The fourth-order valence-corrected chi connectivity index (χ4v) is 2.84. The summed E-state index contributed by atoms with van der Waals surface area (Å²) in [5, 5.41) is 0.945. The van der Waals surface area contributed by atoms with Crippen LogP contribution in [0.5, 0.6) is 0 Å². The van der Waals surface area contributed by atoms with Crippen LogP contribution in [-0.4, -0.2) is 10.8 Å². The van der Waals surface area contributed by atoms with E-state index in [9.17, 15) is 4.79 Å². The van der Waals surface area contributed by atoms with Gasteiger partial charge in [0.2, 0.25) is 0 Å². The minimum atomic E-state index is 0.0748. The first kappa shape index (κ1) is 14.5. The molecule has 110 valence electrons. The zero-order chi connectivity index (χ0) is 15.9. The molecule has 2 aromatic carbocycles. The average molecular weight is 289 g/mol. The summed E-state index contributed by atoms with van der Waals surface area (Å²) in [6.45, 7) is 7.77. The first-order valence-electron chi connectivity index (χ1n) is 7.45. The molecule has 0 N–H and O–H groups in total. The Labute approximate surface area is 130 Å². The minimum Gasteiger partial charge on any atom is -0.294 e. The Morgan fingerprint density at radius 2 is 1.59 bits per heavy atom. The Morgan fingerprint density at radius 1 is 0.909 bits per heavy atom. The van der Waals surface area contributed by atoms with Crippen LogP contribution in [-0.2, 0) is 0 Å². The highest BCUT2D eigenvalue weighted by atomic mass is 16.1. The number of carbonyl (C=O) groups is 1. The molecule has 22 heavy (non-hydrogen) atoms. The van der Waals surface area contributed by atoms with Gasteiger partial charge in [0.1, 0.15) is 0 Å². The molecule has 0 saturated carbocycles. The van der Waals surface area contributed by atoms with E-state index in [1.54, 1.807) is 6.92 Å². The number of nitrogens with zero attached hydrogens (tertiary/aromatic N) is 1. The quantitative estimate of drug-likeness (QED) is 0.619. The van der Waals surface area contributed by atoms with Gasteiger partial charge in [-0.25, -0.2) is 4.98 Å². The van der Waals surface area contributed by atoms with E-state index in [1.165, 1.54) is 5.56 Å². The van der Waals surface area contributed by atoms with Crippen molar-refractivity contribution in [3.8, 4) is 11.3 Å². The molecule has 0 unspecified atom stereocenters. The van der Waals surface area contributed by atoms with Crippen LogP contribution in [0.2, 0.25) is 0 Å². The van der Waals surface area contributed by atoms with Crippen LogP contribution < -0.4 is 0 Å². The van der Waals surface area contributed by atoms with Crippen LogP contribution >= 0.6 is 0 Å². The lowest BCUT2D eigenvalue weighted by molar-refractivity contribution is 0.101. The Balaban J connectivity index is 2.34. The van der Waals surface area contributed by atoms with Crippen molar-refractivity contribution in [3.63, 3.8) is 0 Å². The Kier molecular flexibility index (Phi) is 3.53. The van der Waals surface area contributed by atoms with Crippen molar-refractivity contribution >= 4 is 16.7 Å². The lowest BCUT2D eigenvalue weighted by atomic mass is 9.98. The Bertz CT molecular complexity index is 876. The van der Waals surface area contributed by atoms with E-state index >= 15 is 0 Å². The SMILES string of the molecule is CC(=O)c1cc(-c2ccc(C)cc2)nc2c(C)cc(C)cc12. The number of ketones is 1. The van der Waals surface area contributed by atoms with Crippen molar-refractivity contribution in [1.29, 1.82) is 0 Å². The van der Waals surface area contributed by atoms with Gasteiger partial charge >= 0.3 is 0 Å². The highest BCUT2D eigenvalue weighted by Crippen LogP contribution is 2.28. The van der Waals surface area contributed by atoms with Gasteiger partial charge in [-0.3, -0.25) is 4.79 Å². The molecular weight excluding hydrogens is 270 g/mol. The van der Waals surface area contributed by atoms with Gasteiger partial charge in [-0.05, 0) is 45.4 Å². The number of pyridine rings is 1. The highest BCUT2D eigenvalue weighted by molar-refractivity contribution is 6.08. The maximum Gasteiger partial charge on any atom is 0.160 e. The van der Waals surface area contributed by atoms with Crippen molar-refractivity contribution < 1.29 is 4.79 Å². The van der Waals surface area contributed by atoms with Crippen molar-refractivity contribution in [2.24, 2.45) is 0 Å². The maximum atomic E-state index is 12.1. The molecule has 0 aliphatic heterocycles. The summed E-state index contributed by atoms with van der Waals surface area (Å²) in [6, 6.07) is 14.3. The molecule has 0 atom stereocenters. The number of hydrogen-bond acceptors (Lipinski definition) is 2. The third kappa shape index (κ3) is 2.52. The normalized spacial score (nSPS) is 10.9. The number of fused-ring (bicyclic) bond motifs is 1. The molecule has 3 aromatic rings. The fraction of sp³-hybridized carbons (Fsp3) is 0.200. The average Bonchev–Trinajstić information content (AvgIpc) is 2.47. The number of aromatic nitrogens is 1. The number of Topliss-reactive ketones (excluding diaryl/α,β-unsaturated/α-hetero) is 1. The monoisotopic (exact) mass is 289 g/mol. The molecule has 2 heteroatoms. The predicted molar refractivity (Wildman–Crippen MR) is 91.4 cm³/mol. The van der Waals surface area contributed by atoms with Gasteiger partial charge in [0, 0.05) is 16.5 Å². The Hall–Kier alpha value is -2.48. The van der Waals surface area contributed by atoms with E-state index in [0.29, 0.717) is 0 Å². The minimum absolute atomic E-state index is 0.0748. The van der Waals surface area contributed by atoms with Crippen molar-refractivity contribution in [2.45, 2.75) is 27.7 Å². The number of carbonyl (C=O) groups excluding carboxylic acids is 1. The van der Waals surface area contributed by atoms with Gasteiger partial charge in [-0.2, -0.15) is 0 Å². The van der Waals surface area contributed by atoms with Crippen LogP contribution in [0.1, 0.15) is 34.0 Å². The molecule has 0 aliphatic rings. The summed E-state index contributed by atoms with van der Waals surface area (Å²) in [7, 11) is 0. The number of benzene rings is 2. The van der Waals surface area contributed by atoms with Gasteiger partial charge < -0.3 is 0 Å². The first-order valence-corrected chi connectivity index (χ1v) is 7.45. The molecule has 1 heterocycles. The number of rotatable bonds is 2. The van der Waals surface area contributed by atoms with E-state index in [1.807, 2.05) is 26.0 Å². The first-order chi connectivity index (χ1) is 10.5. The second kappa shape index (κ2) is 5.38. The van der Waals surface area contributed by atoms with Gasteiger partial charge in [-0.1, -0.05) is 41.5 Å². The number of aryl methyl sites for hydroxylation is 3. The predicted octanol–water partition coefficient (Wildman–Crippen LogP) is 5.03. The third-order valence-electron chi connectivity index (χ3n) is 3.97. The Morgan fingerprint density at radius 3 is 2.23 bits per heavy atom. The van der Waals surface area contributed by atoms with Gasteiger partial charge in [0.25, 0.3) is 0 Å². The second-order valence-corrected chi connectivity index (χ2v) is 5.96. The van der Waals surface area contributed by atoms with Crippen LogP contribution in [0, 0.1) is 20.8 Å². The van der Waals surface area contributed by atoms with E-state index in [-0.39, 0.29) is 5.78 Å². The molecule has 0 fully saturated rings. The van der Waals surface area contributed by atoms with Crippen LogP contribution in [0.25, 0.3) is 22.2 Å². The van der Waals surface area contributed by atoms with Crippen molar-refractivity contribution in [3.05, 3.63) is 64.7 Å². The van der Waals surface area contributed by atoms with Crippen molar-refractivity contribution in [2.75, 3.05) is 0 Å². The maximum absolute atomic E-state index is 12.1. The van der Waals surface area contributed by atoms with Crippen molar-refractivity contribution in [1.82, 2.24) is 4.98 Å². The molecule has 0 spiro atoms. The van der Waals surface area contributed by atoms with E-state index in [2.05, 4.69) is 37.3 Å². The standard InChI is InChI=1S/C20H19NO/c1-12-5-7-16(8-6-12)19-11-17(15(4)22)18-10-13(2)9-14(3)20(18)21-19/h5-11H,1-4H3. The second-order valence-electron chi connectivity index (χ2n) is 5.96. The van der Waals surface area contributed by atoms with Gasteiger partial charge in [0.15, 0.2) is 5.78 Å². The summed E-state index contributed by atoms with van der Waals surface area (Å²) in [5.41, 5.74) is 7.01. The third-order valence-corrected chi connectivity index (χ3v) is 3.97. The molecule has 0 saturated heterocycles. The smallest absolute Gasteiger partial charge is 0.160 e. The van der Waals surface area contributed by atoms with Crippen LogP contribution in [0.3, 0.4) is 0 Å². The lowest BCUT2D eigenvalue weighted by Gasteiger charge is -2.11. The largest absolute Gasteiger partial charge is 0.294 e. The molecule has 0 aliphatic carbocycles. The summed E-state index contributed by atoms with van der Waals surface area (Å²) in [4.78, 5) is 16.9. The zero-order valence-corrected chi connectivity index (χ0v) is 13.4. The van der Waals surface area contributed by atoms with Gasteiger partial charge in [0.05, 0.1) is 11.2 Å². The number of hydrogen-bond donors (Lipinski definition) is 0. The zero-order valence-electron chi connectivity index (χ0n) is 13.4. The van der Waals surface area contributed by atoms with E-state index < -0.39 is 0 Å². The van der Waals surface area contributed by atoms with Crippen LogP contribution in [0.4, 0.5) is 0 Å². The molecule has 2 nitrogen and oxygen atoms in total. The lowest BCUT2D eigenvalue weighted by Crippen LogP contribution is -1.99.